The largest absolute Gasteiger partial charge is 0.307 e. The second kappa shape index (κ2) is 39.0. The molecule has 0 radical (unpaired) electrons. The van der Waals surface area contributed by atoms with Crippen LogP contribution in [0.3, 0.4) is 0 Å². The molecule has 0 spiro atoms. The molecule has 4 atom stereocenters. The van der Waals surface area contributed by atoms with Crippen LogP contribution in [0.4, 0.5) is 0 Å². The third-order valence-corrected chi connectivity index (χ3v) is 22.4. The molecule has 17 rings (SSSR count). The molecule has 0 saturated heterocycles. The van der Waals surface area contributed by atoms with Crippen molar-refractivity contribution in [1.82, 2.24) is 110 Å². The van der Waals surface area contributed by atoms with Crippen LogP contribution < -0.4 is 5.32 Å². The van der Waals surface area contributed by atoms with Gasteiger partial charge in [-0.1, -0.05) is 145 Å². The van der Waals surface area contributed by atoms with Crippen LogP contribution >= 0.6 is 0 Å². The Morgan fingerprint density at radius 2 is 0.735 bits per heavy atom. The predicted octanol–water partition coefficient (Wildman–Crippen LogP) is 15.8. The second-order valence-corrected chi connectivity index (χ2v) is 30.4. The van der Waals surface area contributed by atoms with E-state index in [0.29, 0.717) is 24.2 Å². The third kappa shape index (κ3) is 20.1. The average Bonchev–Trinajstić information content (AvgIpc) is 1.71. The van der Waals surface area contributed by atoms with Crippen molar-refractivity contribution >= 4 is 0 Å². The molecule has 0 saturated carbocycles. The lowest BCUT2D eigenvalue weighted by Crippen LogP contribution is -2.28. The Hall–Kier alpha value is -11.0. The van der Waals surface area contributed by atoms with Crippen LogP contribution in [0.15, 0.2) is 220 Å². The summed E-state index contributed by atoms with van der Waals surface area (Å²) in [7, 11) is 8.64. The minimum atomic E-state index is 0.322. The number of benzene rings is 4. The molecule has 0 bridgehead atoms. The van der Waals surface area contributed by atoms with Gasteiger partial charge in [0.25, 0.3) is 0 Å². The zero-order chi connectivity index (χ0) is 77.7. The zero-order valence-corrected chi connectivity index (χ0v) is 66.7. The molecule has 4 aliphatic carbocycles. The number of fused-ring (bicyclic) bond motifs is 4. The van der Waals surface area contributed by atoms with E-state index < -0.39 is 0 Å². The molecule has 22 nitrogen and oxygen atoms in total. The Labute approximate surface area is 665 Å². The van der Waals surface area contributed by atoms with Crippen molar-refractivity contribution in [3.63, 3.8) is 0 Å². The van der Waals surface area contributed by atoms with Crippen LogP contribution in [0.5, 0.6) is 0 Å². The third-order valence-electron chi connectivity index (χ3n) is 22.4. The SMILES string of the molecule is CCCCc1ccccc1-n1cc(CN(C)C2CCCc3cccnc32)nn1.CCc1cccc(-n2cc(CN(C)C3CCCc4cccnc43)nn2)c1.CCc1ccccc1-n1cc(CN(C)C2CCCc3cccnc32)nn1.CN(Cc1cn(-c2ccccc2CNCc2ccccn2)nn1)C1CCCc2cccnc21. The van der Waals surface area contributed by atoms with E-state index in [4.69, 9.17) is 0 Å². The summed E-state index contributed by atoms with van der Waals surface area (Å²) < 4.78 is 7.58. The molecule has 4 unspecified atom stereocenters. The van der Waals surface area contributed by atoms with Crippen molar-refractivity contribution < 1.29 is 0 Å². The molecule has 4 aromatic carbocycles. The van der Waals surface area contributed by atoms with Crippen LogP contribution in [0.2, 0.25) is 0 Å². The van der Waals surface area contributed by atoms with Gasteiger partial charge < -0.3 is 5.32 Å². The number of aryl methyl sites for hydroxylation is 7. The maximum atomic E-state index is 4.68. The average molecular weight is 1510 g/mol. The molecule has 4 aliphatic rings. The monoisotopic (exact) mass is 1510 g/mol. The van der Waals surface area contributed by atoms with Crippen LogP contribution in [0.1, 0.15) is 205 Å². The van der Waals surface area contributed by atoms with Crippen molar-refractivity contribution in [3.8, 4) is 22.7 Å². The fourth-order valence-corrected chi connectivity index (χ4v) is 16.5. The summed E-state index contributed by atoms with van der Waals surface area (Å²) in [6.07, 6.45) is 37.0. The number of unbranched alkanes of at least 4 members (excludes halogenated alkanes) is 1. The molecular weight excluding hydrogens is 1400 g/mol. The molecule has 0 amide bonds. The molecule has 0 fully saturated rings. The fourth-order valence-electron chi connectivity index (χ4n) is 16.5. The minimum Gasteiger partial charge on any atom is -0.307 e. The quantitative estimate of drug-likeness (QED) is 0.0563. The summed E-state index contributed by atoms with van der Waals surface area (Å²) in [5, 5.41) is 38.8. The number of para-hydroxylation sites is 3. The lowest BCUT2D eigenvalue weighted by molar-refractivity contribution is 0.206. The summed E-state index contributed by atoms with van der Waals surface area (Å²) in [5.74, 6) is 0. The topological polar surface area (TPSA) is 212 Å². The number of hydrogen-bond acceptors (Lipinski definition) is 18. The van der Waals surface area contributed by atoms with Gasteiger partial charge in [-0.25, -0.2) is 18.7 Å². The van der Waals surface area contributed by atoms with E-state index in [1.165, 1.54) is 106 Å². The minimum absolute atomic E-state index is 0.322. The summed E-state index contributed by atoms with van der Waals surface area (Å²) in [6, 6.07) is 58.0. The molecule has 9 aromatic heterocycles. The molecule has 13 aromatic rings. The number of hydrogen-bond donors (Lipinski definition) is 1. The van der Waals surface area contributed by atoms with Crippen LogP contribution in [0, 0.1) is 0 Å². The summed E-state index contributed by atoms with van der Waals surface area (Å²) in [4.78, 5) is 32.5. The van der Waals surface area contributed by atoms with E-state index >= 15 is 0 Å². The van der Waals surface area contributed by atoms with Gasteiger partial charge >= 0.3 is 0 Å². The molecular formula is C91H108N22. The number of nitrogens with zero attached hydrogens (tertiary/aromatic N) is 21. The van der Waals surface area contributed by atoms with E-state index in [2.05, 4.69) is 255 Å². The molecule has 1 N–H and O–H groups in total. The highest BCUT2D eigenvalue weighted by atomic mass is 15.5. The van der Waals surface area contributed by atoms with E-state index in [1.54, 1.807) is 0 Å². The van der Waals surface area contributed by atoms with Gasteiger partial charge in [-0.05, 0) is 242 Å². The molecule has 582 valence electrons. The Bertz CT molecular complexity index is 5140. The Morgan fingerprint density at radius 1 is 0.354 bits per heavy atom. The van der Waals surface area contributed by atoms with E-state index in [1.807, 2.05) is 123 Å². The van der Waals surface area contributed by atoms with Gasteiger partial charge in [-0.15, -0.1) is 20.4 Å². The number of aromatic nitrogens is 17. The van der Waals surface area contributed by atoms with Crippen LogP contribution in [0.25, 0.3) is 22.7 Å². The van der Waals surface area contributed by atoms with E-state index in [-0.39, 0.29) is 0 Å². The Morgan fingerprint density at radius 3 is 1.15 bits per heavy atom. The van der Waals surface area contributed by atoms with Crippen LogP contribution in [-0.2, 0) is 84.2 Å². The van der Waals surface area contributed by atoms with Gasteiger partial charge in [-0.3, -0.25) is 44.5 Å². The van der Waals surface area contributed by atoms with Gasteiger partial charge in [-0.2, -0.15) is 0 Å². The van der Waals surface area contributed by atoms with Gasteiger partial charge in [0.1, 0.15) is 0 Å². The normalized spacial score (nSPS) is 16.2. The first kappa shape index (κ1) is 78.7. The highest BCUT2D eigenvalue weighted by molar-refractivity contribution is 5.43. The molecule has 22 heteroatoms. The van der Waals surface area contributed by atoms with Gasteiger partial charge in [0.15, 0.2) is 0 Å². The van der Waals surface area contributed by atoms with Gasteiger partial charge in [0.05, 0.1) is 123 Å². The number of pyridine rings is 5. The first-order valence-corrected chi connectivity index (χ1v) is 40.7. The maximum absolute atomic E-state index is 4.68. The fraction of sp³-hybridized carbons (Fsp3) is 0.374. The highest BCUT2D eigenvalue weighted by Gasteiger charge is 2.30. The first-order chi connectivity index (χ1) is 55.5. The van der Waals surface area contributed by atoms with Gasteiger partial charge in [0.2, 0.25) is 0 Å². The maximum Gasteiger partial charge on any atom is 0.0971 e. The standard InChI is InChI=1S/C26H29N7.C23H29N5.2C21H25N5/c1-32(25-13-6-9-20-10-7-15-29-26(20)25)18-23-19-33(31-30-23)24-12-3-2-8-21(24)16-27-17-22-11-4-5-14-28-22;1-3-4-9-18-10-5-6-13-21(18)28-17-20(25-26-28)16-27(2)22-14-7-11-19-12-8-15-24-23(19)22;1-3-16-7-4-10-19(13-16)26-15-18(23-24-26)14-25(2)20-11-5-8-17-9-6-12-22-21(17)20;1-3-16-8-4-5-11-19(16)26-15-18(23-24-26)14-25(2)20-12-6-9-17-10-7-13-22-21(17)20/h2-5,7-8,10-12,14-15,19,25,27H,6,9,13,16-18H2,1H3;5-6,8,10,12-13,15,17,22H,3-4,7,9,11,14,16H2,1-2H3;4,6-7,9-10,12-13,15,20H,3,5,8,11,14H2,1-2H3;4-5,7-8,10-11,13,15,20H,3,6,9,12,14H2,1-2H3. The van der Waals surface area contributed by atoms with Crippen LogP contribution in [-0.4, -0.2) is 133 Å². The molecule has 113 heavy (non-hydrogen) atoms. The molecule has 0 aliphatic heterocycles. The predicted molar refractivity (Wildman–Crippen MR) is 443 cm³/mol. The second-order valence-electron chi connectivity index (χ2n) is 30.4. The summed E-state index contributed by atoms with van der Waals surface area (Å²) in [5.41, 5.74) is 24.8. The van der Waals surface area contributed by atoms with Crippen molar-refractivity contribution in [2.75, 3.05) is 28.2 Å². The van der Waals surface area contributed by atoms with Crippen molar-refractivity contribution in [2.45, 2.75) is 193 Å². The van der Waals surface area contributed by atoms with Crippen molar-refractivity contribution in [1.29, 1.82) is 0 Å². The Balaban J connectivity index is 0.000000125. The number of rotatable bonds is 25. The van der Waals surface area contributed by atoms with Crippen molar-refractivity contribution in [2.24, 2.45) is 0 Å². The van der Waals surface area contributed by atoms with E-state index in [0.717, 1.165) is 161 Å². The summed E-state index contributed by atoms with van der Waals surface area (Å²) in [6.45, 7) is 11.1. The number of nitrogens with one attached hydrogen (secondary N) is 1. The lowest BCUT2D eigenvalue weighted by atomic mass is 9.91. The van der Waals surface area contributed by atoms with Gasteiger partial charge in [0, 0.05) is 70.3 Å². The smallest absolute Gasteiger partial charge is 0.0971 e. The zero-order valence-electron chi connectivity index (χ0n) is 66.7. The first-order valence-electron chi connectivity index (χ1n) is 40.7. The van der Waals surface area contributed by atoms with Crippen molar-refractivity contribution in [3.05, 3.63) is 315 Å². The Kier molecular flexibility index (Phi) is 27.1. The summed E-state index contributed by atoms with van der Waals surface area (Å²) >= 11 is 0. The lowest BCUT2D eigenvalue weighted by Gasteiger charge is -2.31. The van der Waals surface area contributed by atoms with E-state index in [9.17, 15) is 0 Å². The highest BCUT2D eigenvalue weighted by Crippen LogP contribution is 2.37. The molecule has 9 heterocycles.